The van der Waals surface area contributed by atoms with Gasteiger partial charge in [-0.15, -0.1) is 0 Å². The van der Waals surface area contributed by atoms with E-state index in [1.807, 2.05) is 0 Å². The Kier molecular flexibility index (Phi) is 3.98. The first kappa shape index (κ1) is 12.2. The molecule has 0 aliphatic carbocycles. The molecule has 0 aliphatic heterocycles. The maximum atomic E-state index is 11.1. The summed E-state index contributed by atoms with van der Waals surface area (Å²) < 4.78 is 0. The van der Waals surface area contributed by atoms with Crippen molar-refractivity contribution >= 4 is 11.9 Å². The largest absolute Gasteiger partial charge is 0.478 e. The van der Waals surface area contributed by atoms with Crippen LogP contribution < -0.4 is 0 Å². The van der Waals surface area contributed by atoms with Crippen molar-refractivity contribution < 1.29 is 29.9 Å². The quantitative estimate of drug-likeness (QED) is 0.511. The Bertz CT molecular complexity index is 412. The van der Waals surface area contributed by atoms with Crippen molar-refractivity contribution in [1.82, 2.24) is 0 Å². The molecular formula is C10H10O6. The maximum Gasteiger partial charge on any atom is 0.373 e. The van der Waals surface area contributed by atoms with E-state index >= 15 is 0 Å². The van der Waals surface area contributed by atoms with Gasteiger partial charge in [0, 0.05) is 6.61 Å². The second-order valence-electron chi connectivity index (χ2n) is 3.00. The third kappa shape index (κ3) is 2.36. The van der Waals surface area contributed by atoms with Crippen LogP contribution in [0.1, 0.15) is 26.3 Å². The summed E-state index contributed by atoms with van der Waals surface area (Å²) in [6, 6.07) is 4.15. The summed E-state index contributed by atoms with van der Waals surface area (Å²) >= 11 is 0. The zero-order chi connectivity index (χ0) is 12.1. The molecule has 0 heterocycles. The number of aliphatic hydroxyl groups is 1. The summed E-state index contributed by atoms with van der Waals surface area (Å²) in [7, 11) is 0. The molecule has 6 nitrogen and oxygen atoms in total. The predicted molar refractivity (Wildman–Crippen MR) is 52.2 cm³/mol. The molecule has 1 aromatic carbocycles. The average Bonchev–Trinajstić information content (AvgIpc) is 2.27. The van der Waals surface area contributed by atoms with E-state index in [1.54, 1.807) is 0 Å². The van der Waals surface area contributed by atoms with Gasteiger partial charge in [0.1, 0.15) is 0 Å². The number of hydrogen-bond donors (Lipinski definition) is 3. The lowest BCUT2D eigenvalue weighted by molar-refractivity contribution is -0.182. The van der Waals surface area contributed by atoms with Crippen LogP contribution in [0, 0.1) is 0 Å². The zero-order valence-electron chi connectivity index (χ0n) is 8.21. The number of carbonyl (C=O) groups excluding carboxylic acids is 1. The van der Waals surface area contributed by atoms with Crippen LogP contribution in [0.2, 0.25) is 0 Å². The summed E-state index contributed by atoms with van der Waals surface area (Å²) in [6.07, 6.45) is 0.105. The van der Waals surface area contributed by atoms with Gasteiger partial charge in [-0.1, -0.05) is 12.1 Å². The average molecular weight is 226 g/mol. The van der Waals surface area contributed by atoms with E-state index in [2.05, 4.69) is 4.89 Å². The molecule has 0 saturated carbocycles. The van der Waals surface area contributed by atoms with Gasteiger partial charge in [0.25, 0.3) is 0 Å². The highest BCUT2D eigenvalue weighted by Gasteiger charge is 2.21. The fourth-order valence-electron chi connectivity index (χ4n) is 1.40. The number of hydrogen-bond acceptors (Lipinski definition) is 5. The SMILES string of the molecule is O=C(OO)c1cccc(CCO)c1C(=O)O. The number of carboxylic acids is 1. The Morgan fingerprint density at radius 1 is 1.31 bits per heavy atom. The molecule has 0 aliphatic rings. The van der Waals surface area contributed by atoms with Crippen molar-refractivity contribution in [3.05, 3.63) is 34.9 Å². The summed E-state index contributed by atoms with van der Waals surface area (Å²) in [4.78, 5) is 25.6. The Morgan fingerprint density at radius 2 is 2.00 bits per heavy atom. The number of carboxylic acid groups (broad SMARTS) is 1. The minimum Gasteiger partial charge on any atom is -0.478 e. The Hall–Kier alpha value is -1.92. The van der Waals surface area contributed by atoms with E-state index in [-0.39, 0.29) is 24.2 Å². The molecule has 0 atom stereocenters. The van der Waals surface area contributed by atoms with Crippen molar-refractivity contribution in [2.24, 2.45) is 0 Å². The highest BCUT2D eigenvalue weighted by molar-refractivity contribution is 6.03. The van der Waals surface area contributed by atoms with Crippen LogP contribution >= 0.6 is 0 Å². The third-order valence-electron chi connectivity index (χ3n) is 2.05. The second-order valence-corrected chi connectivity index (χ2v) is 3.00. The lowest BCUT2D eigenvalue weighted by Crippen LogP contribution is -2.13. The summed E-state index contributed by atoms with van der Waals surface area (Å²) in [5, 5.41) is 25.9. The molecule has 6 heteroatoms. The fourth-order valence-corrected chi connectivity index (χ4v) is 1.40. The van der Waals surface area contributed by atoms with Crippen molar-refractivity contribution in [1.29, 1.82) is 0 Å². The van der Waals surface area contributed by atoms with Gasteiger partial charge in [0.15, 0.2) is 0 Å². The van der Waals surface area contributed by atoms with Gasteiger partial charge >= 0.3 is 11.9 Å². The Balaban J connectivity index is 3.32. The van der Waals surface area contributed by atoms with Gasteiger partial charge < -0.3 is 10.2 Å². The van der Waals surface area contributed by atoms with Crippen molar-refractivity contribution in [2.75, 3.05) is 6.61 Å². The lowest BCUT2D eigenvalue weighted by atomic mass is 9.99. The molecule has 1 aromatic rings. The van der Waals surface area contributed by atoms with Gasteiger partial charge in [-0.2, -0.15) is 5.26 Å². The van der Waals surface area contributed by atoms with E-state index in [0.29, 0.717) is 5.56 Å². The number of rotatable bonds is 4. The number of aromatic carboxylic acids is 1. The van der Waals surface area contributed by atoms with Crippen molar-refractivity contribution in [2.45, 2.75) is 6.42 Å². The predicted octanol–water partition coefficient (Wildman–Crippen LogP) is 0.549. The lowest BCUT2D eigenvalue weighted by Gasteiger charge is -2.08. The van der Waals surface area contributed by atoms with Gasteiger partial charge in [0.2, 0.25) is 0 Å². The molecule has 0 aromatic heterocycles. The Morgan fingerprint density at radius 3 is 2.50 bits per heavy atom. The van der Waals surface area contributed by atoms with Crippen LogP contribution in [0.4, 0.5) is 0 Å². The molecule has 0 saturated heterocycles. The number of carbonyl (C=O) groups is 2. The second kappa shape index (κ2) is 5.24. The van der Waals surface area contributed by atoms with E-state index in [9.17, 15) is 9.59 Å². The molecule has 86 valence electrons. The van der Waals surface area contributed by atoms with E-state index < -0.39 is 11.9 Å². The van der Waals surface area contributed by atoms with Crippen molar-refractivity contribution in [3.8, 4) is 0 Å². The van der Waals surface area contributed by atoms with Crippen LogP contribution in [-0.4, -0.2) is 34.0 Å². The van der Waals surface area contributed by atoms with E-state index in [0.717, 1.165) is 0 Å². The number of aliphatic hydroxyl groups excluding tert-OH is 1. The van der Waals surface area contributed by atoms with Gasteiger partial charge in [-0.3, -0.25) is 4.89 Å². The minimum absolute atomic E-state index is 0.105. The molecule has 3 N–H and O–H groups in total. The monoisotopic (exact) mass is 226 g/mol. The summed E-state index contributed by atoms with van der Waals surface area (Å²) in [6.45, 7) is -0.238. The highest BCUT2D eigenvalue weighted by Crippen LogP contribution is 2.16. The van der Waals surface area contributed by atoms with Crippen LogP contribution in [0.25, 0.3) is 0 Å². The van der Waals surface area contributed by atoms with Gasteiger partial charge in [-0.25, -0.2) is 9.59 Å². The first-order valence-corrected chi connectivity index (χ1v) is 4.43. The molecular weight excluding hydrogens is 216 g/mol. The van der Waals surface area contributed by atoms with Crippen LogP contribution in [0.5, 0.6) is 0 Å². The zero-order valence-corrected chi connectivity index (χ0v) is 8.21. The molecule has 0 amide bonds. The first-order valence-electron chi connectivity index (χ1n) is 4.43. The standard InChI is InChI=1S/C10H10O6/c11-5-4-6-2-1-3-7(10(14)16-15)8(6)9(12)13/h1-3,11,15H,4-5H2,(H,12,13). The molecule has 16 heavy (non-hydrogen) atoms. The molecule has 1 rings (SSSR count). The first-order chi connectivity index (χ1) is 7.61. The summed E-state index contributed by atoms with van der Waals surface area (Å²) in [5.41, 5.74) is -0.213. The van der Waals surface area contributed by atoms with E-state index in [4.69, 9.17) is 15.5 Å². The highest BCUT2D eigenvalue weighted by atomic mass is 17.1. The molecule has 0 unspecified atom stereocenters. The van der Waals surface area contributed by atoms with Crippen LogP contribution in [0.15, 0.2) is 18.2 Å². The van der Waals surface area contributed by atoms with Crippen molar-refractivity contribution in [3.63, 3.8) is 0 Å². The molecule has 0 spiro atoms. The summed E-state index contributed by atoms with van der Waals surface area (Å²) in [5.74, 6) is -2.46. The maximum absolute atomic E-state index is 11.1. The molecule has 0 fully saturated rings. The number of benzene rings is 1. The van der Waals surface area contributed by atoms with Crippen LogP contribution in [0.3, 0.4) is 0 Å². The minimum atomic E-state index is -1.32. The van der Waals surface area contributed by atoms with Gasteiger partial charge in [-0.05, 0) is 18.1 Å². The molecule has 0 radical (unpaired) electrons. The van der Waals surface area contributed by atoms with Crippen LogP contribution in [-0.2, 0) is 11.3 Å². The third-order valence-corrected chi connectivity index (χ3v) is 2.05. The van der Waals surface area contributed by atoms with Gasteiger partial charge in [0.05, 0.1) is 11.1 Å². The fraction of sp³-hybridized carbons (Fsp3) is 0.200. The smallest absolute Gasteiger partial charge is 0.373 e. The topological polar surface area (TPSA) is 104 Å². The molecule has 0 bridgehead atoms. The Labute approximate surface area is 90.6 Å². The van der Waals surface area contributed by atoms with E-state index in [1.165, 1.54) is 18.2 Å². The normalized spacial score (nSPS) is 9.88.